The van der Waals surface area contributed by atoms with E-state index in [-0.39, 0.29) is 0 Å². The third-order valence-corrected chi connectivity index (χ3v) is 13.4. The van der Waals surface area contributed by atoms with Crippen molar-refractivity contribution in [3.8, 4) is 39.1 Å². The lowest BCUT2D eigenvalue weighted by atomic mass is 9.88. The molecule has 0 N–H and O–H groups in total. The van der Waals surface area contributed by atoms with Gasteiger partial charge in [-0.3, -0.25) is 0 Å². The summed E-state index contributed by atoms with van der Waals surface area (Å²) in [6.45, 7) is 14.8. The van der Waals surface area contributed by atoms with Crippen molar-refractivity contribution in [2.75, 3.05) is 0 Å². The zero-order valence-electron chi connectivity index (χ0n) is 41.5. The topological polar surface area (TPSA) is 4.93 Å². The number of aromatic nitrogens is 1. The highest BCUT2D eigenvalue weighted by Crippen LogP contribution is 2.49. The van der Waals surface area contributed by atoms with Gasteiger partial charge in [-0.2, -0.15) is 0 Å². The van der Waals surface area contributed by atoms with E-state index in [0.29, 0.717) is 0 Å². The van der Waals surface area contributed by atoms with Crippen LogP contribution in [0.4, 0.5) is 0 Å². The largest absolute Gasteiger partial charge is 0.309 e. The highest BCUT2D eigenvalue weighted by molar-refractivity contribution is 6.14. The summed E-state index contributed by atoms with van der Waals surface area (Å²) in [4.78, 5) is 0. The van der Waals surface area contributed by atoms with Crippen molar-refractivity contribution in [1.82, 2.24) is 4.57 Å². The second-order valence-electron chi connectivity index (χ2n) is 17.9. The van der Waals surface area contributed by atoms with Gasteiger partial charge in [-0.1, -0.05) is 237 Å². The van der Waals surface area contributed by atoms with E-state index in [4.69, 9.17) is 0 Å². The van der Waals surface area contributed by atoms with Crippen LogP contribution in [0.25, 0.3) is 72.0 Å². The molecule has 0 radical (unpaired) electrons. The molecule has 0 spiro atoms. The molecule has 0 fully saturated rings. The second kappa shape index (κ2) is 21.4. The van der Waals surface area contributed by atoms with Gasteiger partial charge in [-0.25, -0.2) is 0 Å². The molecule has 1 nitrogen and oxygen atoms in total. The molecular weight excluding hydrogens is 843 g/mol. The molecule has 0 bridgehead atoms. The van der Waals surface area contributed by atoms with E-state index < -0.39 is 0 Å². The van der Waals surface area contributed by atoms with Gasteiger partial charge in [0.15, 0.2) is 0 Å². The summed E-state index contributed by atoms with van der Waals surface area (Å²) in [6, 6.07) is 86.9. The molecule has 0 saturated heterocycles. The Balaban J connectivity index is 0.000000133. The van der Waals surface area contributed by atoms with Crippen molar-refractivity contribution in [1.29, 1.82) is 0 Å². The summed E-state index contributed by atoms with van der Waals surface area (Å²) in [5.41, 5.74) is 26.0. The zero-order chi connectivity index (χ0) is 48.6. The number of hydrogen-bond acceptors (Lipinski definition) is 0. The SMILES string of the molecule is CC.Cc1ccc(-c2ccc3c(c2)c2ccccc2n3-c2ccccc2)cc1.Cc1ccc2c(c1)C(=C(c1ccccc1)c1ccccc1)c1ccccc1-2.Cc1ccccc1-c1cccc(C)c1C. The molecule has 1 aromatic heterocycles. The number of rotatable bonds is 5. The number of benzene rings is 10. The van der Waals surface area contributed by atoms with Gasteiger partial charge in [0.05, 0.1) is 11.0 Å². The average molecular weight is 904 g/mol. The summed E-state index contributed by atoms with van der Waals surface area (Å²) < 4.78 is 2.35. The summed E-state index contributed by atoms with van der Waals surface area (Å²) in [7, 11) is 0. The van der Waals surface area contributed by atoms with E-state index >= 15 is 0 Å². The van der Waals surface area contributed by atoms with Crippen molar-refractivity contribution in [2.45, 2.75) is 48.5 Å². The molecule has 12 rings (SSSR count). The monoisotopic (exact) mass is 903 g/mol. The second-order valence-corrected chi connectivity index (χ2v) is 17.9. The van der Waals surface area contributed by atoms with Gasteiger partial charge in [0.2, 0.25) is 0 Å². The van der Waals surface area contributed by atoms with Crippen molar-refractivity contribution >= 4 is 33.0 Å². The van der Waals surface area contributed by atoms with Crippen molar-refractivity contribution in [3.63, 3.8) is 0 Å². The van der Waals surface area contributed by atoms with Crippen molar-refractivity contribution in [2.24, 2.45) is 0 Å². The Bertz CT molecular complexity index is 3530. The summed E-state index contributed by atoms with van der Waals surface area (Å²) in [5.74, 6) is 0. The fraction of sp³-hybridized carbons (Fsp3) is 0.101. The van der Waals surface area contributed by atoms with Gasteiger partial charge in [0.1, 0.15) is 0 Å². The number of hydrogen-bond donors (Lipinski definition) is 0. The first-order valence-electron chi connectivity index (χ1n) is 24.7. The molecule has 0 amide bonds. The third kappa shape index (κ3) is 9.57. The predicted octanol–water partition coefficient (Wildman–Crippen LogP) is 19.0. The van der Waals surface area contributed by atoms with Gasteiger partial charge in [-0.15, -0.1) is 0 Å². The third-order valence-electron chi connectivity index (χ3n) is 13.4. The Morgan fingerprint density at radius 1 is 0.314 bits per heavy atom. The van der Waals surface area contributed by atoms with Crippen LogP contribution in [-0.4, -0.2) is 4.57 Å². The van der Waals surface area contributed by atoms with Crippen LogP contribution in [0.1, 0.15) is 63.9 Å². The van der Waals surface area contributed by atoms with Crippen LogP contribution in [-0.2, 0) is 0 Å². The van der Waals surface area contributed by atoms with Crippen LogP contribution >= 0.6 is 0 Å². The first-order valence-corrected chi connectivity index (χ1v) is 24.7. The molecule has 1 aliphatic carbocycles. The Labute approximate surface area is 415 Å². The highest BCUT2D eigenvalue weighted by atomic mass is 15.0. The molecule has 0 atom stereocenters. The van der Waals surface area contributed by atoms with Gasteiger partial charge in [-0.05, 0) is 148 Å². The minimum Gasteiger partial charge on any atom is -0.309 e. The maximum absolute atomic E-state index is 2.35. The minimum atomic E-state index is 1.20. The van der Waals surface area contributed by atoms with E-state index in [2.05, 4.69) is 282 Å². The van der Waals surface area contributed by atoms with E-state index in [1.54, 1.807) is 0 Å². The molecule has 0 saturated carbocycles. The maximum atomic E-state index is 2.35. The zero-order valence-corrected chi connectivity index (χ0v) is 41.5. The van der Waals surface area contributed by atoms with E-state index in [1.807, 2.05) is 13.8 Å². The van der Waals surface area contributed by atoms with Crippen molar-refractivity contribution < 1.29 is 0 Å². The van der Waals surface area contributed by atoms with Gasteiger partial charge in [0.25, 0.3) is 0 Å². The molecule has 70 heavy (non-hydrogen) atoms. The maximum Gasteiger partial charge on any atom is 0.0541 e. The van der Waals surface area contributed by atoms with Crippen LogP contribution in [0.5, 0.6) is 0 Å². The predicted molar refractivity (Wildman–Crippen MR) is 303 cm³/mol. The molecule has 11 aromatic rings. The molecule has 1 heterocycles. The molecule has 1 heteroatoms. The molecule has 0 unspecified atom stereocenters. The highest BCUT2D eigenvalue weighted by Gasteiger charge is 2.27. The lowest BCUT2D eigenvalue weighted by molar-refractivity contribution is 1.18. The normalized spacial score (nSPS) is 11.0. The first-order chi connectivity index (χ1) is 34.3. The molecule has 342 valence electrons. The van der Waals surface area contributed by atoms with E-state index in [1.165, 1.54) is 122 Å². The Morgan fingerprint density at radius 3 is 1.49 bits per heavy atom. The quantitative estimate of drug-likeness (QED) is 0.162. The first kappa shape index (κ1) is 46.8. The van der Waals surface area contributed by atoms with E-state index in [0.717, 1.165) is 0 Å². The van der Waals surface area contributed by atoms with Crippen LogP contribution in [0, 0.1) is 34.6 Å². The fourth-order valence-corrected chi connectivity index (χ4v) is 9.79. The van der Waals surface area contributed by atoms with Crippen LogP contribution in [0.15, 0.2) is 243 Å². The van der Waals surface area contributed by atoms with E-state index in [9.17, 15) is 0 Å². The number of para-hydroxylation sites is 2. The molecule has 0 aliphatic heterocycles. The lowest BCUT2D eigenvalue weighted by Crippen LogP contribution is -1.94. The van der Waals surface area contributed by atoms with Crippen LogP contribution < -0.4 is 0 Å². The summed E-state index contributed by atoms with van der Waals surface area (Å²) in [5, 5.41) is 2.59. The van der Waals surface area contributed by atoms with Gasteiger partial charge in [0, 0.05) is 16.5 Å². The minimum absolute atomic E-state index is 1.20. The number of nitrogens with zero attached hydrogens (tertiary/aromatic N) is 1. The van der Waals surface area contributed by atoms with Crippen LogP contribution in [0.3, 0.4) is 0 Å². The Morgan fingerprint density at radius 2 is 0.814 bits per heavy atom. The Hall–Kier alpha value is -8.26. The summed E-state index contributed by atoms with van der Waals surface area (Å²) >= 11 is 0. The van der Waals surface area contributed by atoms with Crippen LogP contribution in [0.2, 0.25) is 0 Å². The smallest absolute Gasteiger partial charge is 0.0541 e. The summed E-state index contributed by atoms with van der Waals surface area (Å²) in [6.07, 6.45) is 0. The number of aryl methyl sites for hydroxylation is 4. The lowest BCUT2D eigenvalue weighted by Gasteiger charge is -2.15. The molecular formula is C69H61N. The fourth-order valence-electron chi connectivity index (χ4n) is 9.79. The van der Waals surface area contributed by atoms with Gasteiger partial charge < -0.3 is 4.57 Å². The van der Waals surface area contributed by atoms with Gasteiger partial charge >= 0.3 is 0 Å². The van der Waals surface area contributed by atoms with Crippen molar-refractivity contribution in [3.05, 3.63) is 293 Å². The Kier molecular flexibility index (Phi) is 14.3. The average Bonchev–Trinajstić information content (AvgIpc) is 3.91. The molecule has 10 aromatic carbocycles. The molecule has 1 aliphatic rings. The standard InChI is InChI=1S/C27H20.C25H19N.C15H16.C2H6/c1-19-16-17-23-22-14-8-9-15-24(22)27(25(23)18-19)26(20-10-4-2-5-11-20)21-12-6-3-7-13-21;1-18-11-13-19(14-12-18)20-15-16-25-23(17-20)22-9-5-6-10-24(22)26(25)21-7-3-2-4-8-21;1-11-8-6-10-15(13(11)3)14-9-5-4-7-12(14)2;1-2/h2-18H,1H3;2-17H,1H3;4-10H,1-3H3;1-2H3. The number of fused-ring (bicyclic) bond motifs is 6.